The van der Waals surface area contributed by atoms with Gasteiger partial charge in [0, 0.05) is 45.5 Å². The van der Waals surface area contributed by atoms with Gasteiger partial charge in [0.1, 0.15) is 23.3 Å². The number of pyridine rings is 1. The number of ether oxygens (including phenoxy) is 3. The van der Waals surface area contributed by atoms with Gasteiger partial charge in [-0.15, -0.1) is 0 Å². The lowest BCUT2D eigenvalue weighted by Crippen LogP contribution is -2.62. The van der Waals surface area contributed by atoms with Crippen LogP contribution in [0.5, 0.6) is 5.75 Å². The Bertz CT molecular complexity index is 1250. The number of nitrogens with one attached hydrogen (secondary N) is 1. The zero-order valence-corrected chi connectivity index (χ0v) is 26.5. The second-order valence-electron chi connectivity index (χ2n) is 12.6. The molecular weight excluding hydrogens is 530 g/mol. The smallest absolute Gasteiger partial charge is 0.410 e. The van der Waals surface area contributed by atoms with Crippen molar-refractivity contribution in [2.45, 2.75) is 85.0 Å². The number of morpholine rings is 1. The van der Waals surface area contributed by atoms with Crippen LogP contribution in [-0.4, -0.2) is 85.0 Å². The number of anilines is 3. The lowest BCUT2D eigenvalue weighted by atomic mass is 9.87. The number of amides is 1. The Kier molecular flexibility index (Phi) is 9.18. The van der Waals surface area contributed by atoms with Crippen molar-refractivity contribution < 1.29 is 20.4 Å². The molecule has 42 heavy (non-hydrogen) atoms. The molecule has 9 nitrogen and oxygen atoms in total. The van der Waals surface area contributed by atoms with E-state index in [1.807, 2.05) is 45.7 Å². The minimum atomic E-state index is -0.451. The van der Waals surface area contributed by atoms with E-state index in [2.05, 4.69) is 47.2 Å². The largest absolute Gasteiger partial charge is 0.483 e. The molecule has 9 heteroatoms. The number of aryl methyl sites for hydroxylation is 1. The minimum Gasteiger partial charge on any atom is -0.483 e. The fourth-order valence-corrected chi connectivity index (χ4v) is 6.45. The number of benzene rings is 1. The van der Waals surface area contributed by atoms with Crippen molar-refractivity contribution in [3.8, 4) is 5.75 Å². The Morgan fingerprint density at radius 3 is 2.45 bits per heavy atom. The Labute approximate surface area is 253 Å². The first-order valence-electron chi connectivity index (χ1n) is 15.8. The molecule has 3 saturated heterocycles. The SMILES string of the molecule is CC.Cc1cc(C2CCN(C3CN(C(=O)OC(C)(C)C)C3)CC2)cc2c1OC(C)c1c(N3CCOCC3)ccnc1N2.[HH]. The average Bonchev–Trinajstić information content (AvgIpc) is 3.09. The molecule has 232 valence electrons. The van der Waals surface area contributed by atoms with Crippen LogP contribution in [0.15, 0.2) is 24.4 Å². The summed E-state index contributed by atoms with van der Waals surface area (Å²) in [7, 11) is 0. The van der Waals surface area contributed by atoms with Crippen molar-refractivity contribution in [2.24, 2.45) is 0 Å². The fourth-order valence-electron chi connectivity index (χ4n) is 6.45. The third kappa shape index (κ3) is 6.47. The van der Waals surface area contributed by atoms with Gasteiger partial charge in [0.15, 0.2) is 0 Å². The van der Waals surface area contributed by atoms with Crippen LogP contribution in [0.4, 0.5) is 22.0 Å². The molecule has 0 bridgehead atoms. The standard InChI is InChI=1S/C31H43N5O4.C2H6.H2/c1-20-16-23(22-7-10-34(11-8-22)24-18-36(19-24)30(37)40-31(3,4)5)17-25-28(20)39-21(2)27-26(6-9-32-29(27)33-25)35-12-14-38-15-13-35;1-2;/h6,9,16-17,21-22,24H,7-8,10-15,18-19H2,1-5H3,(H,32,33);1-2H3;1H. The molecule has 1 aromatic heterocycles. The topological polar surface area (TPSA) is 79.4 Å². The van der Waals surface area contributed by atoms with E-state index in [9.17, 15) is 4.79 Å². The Hall–Kier alpha value is -3.04. The zero-order valence-electron chi connectivity index (χ0n) is 26.5. The van der Waals surface area contributed by atoms with E-state index in [0.717, 1.165) is 93.7 Å². The monoisotopic (exact) mass is 581 g/mol. The summed E-state index contributed by atoms with van der Waals surface area (Å²) in [6, 6.07) is 7.12. The molecule has 0 saturated carbocycles. The van der Waals surface area contributed by atoms with Crippen molar-refractivity contribution in [3.05, 3.63) is 41.1 Å². The van der Waals surface area contributed by atoms with Gasteiger partial charge < -0.3 is 29.3 Å². The third-order valence-corrected chi connectivity index (χ3v) is 8.60. The van der Waals surface area contributed by atoms with E-state index in [1.165, 1.54) is 11.3 Å². The summed E-state index contributed by atoms with van der Waals surface area (Å²) in [5.74, 6) is 2.29. The molecule has 5 heterocycles. The highest BCUT2D eigenvalue weighted by atomic mass is 16.6. The molecule has 1 aromatic carbocycles. The van der Waals surface area contributed by atoms with Crippen LogP contribution < -0.4 is 15.0 Å². The second-order valence-corrected chi connectivity index (χ2v) is 12.6. The van der Waals surface area contributed by atoms with Gasteiger partial charge in [-0.25, -0.2) is 9.78 Å². The Morgan fingerprint density at radius 2 is 1.79 bits per heavy atom. The number of carbonyl (C=O) groups is 1. The molecule has 1 atom stereocenters. The summed E-state index contributed by atoms with van der Waals surface area (Å²) in [5, 5.41) is 3.66. The number of nitrogens with zero attached hydrogens (tertiary/aromatic N) is 4. The van der Waals surface area contributed by atoms with Crippen molar-refractivity contribution in [1.29, 1.82) is 0 Å². The van der Waals surface area contributed by atoms with Crippen molar-refractivity contribution in [1.82, 2.24) is 14.8 Å². The molecule has 2 aromatic rings. The second kappa shape index (κ2) is 12.7. The zero-order chi connectivity index (χ0) is 30.0. The van der Waals surface area contributed by atoms with E-state index in [1.54, 1.807) is 0 Å². The third-order valence-electron chi connectivity index (χ3n) is 8.60. The highest BCUT2D eigenvalue weighted by molar-refractivity contribution is 5.75. The molecule has 3 fully saturated rings. The normalized spacial score (nSPS) is 21.5. The highest BCUT2D eigenvalue weighted by Gasteiger charge is 2.38. The number of hydrogen-bond acceptors (Lipinski definition) is 8. The maximum Gasteiger partial charge on any atom is 0.410 e. The first-order valence-corrected chi connectivity index (χ1v) is 15.8. The maximum absolute atomic E-state index is 12.3. The van der Waals surface area contributed by atoms with Gasteiger partial charge in [0.2, 0.25) is 0 Å². The Morgan fingerprint density at radius 1 is 1.10 bits per heavy atom. The van der Waals surface area contributed by atoms with Crippen LogP contribution in [0.25, 0.3) is 0 Å². The lowest BCUT2D eigenvalue weighted by Gasteiger charge is -2.47. The highest BCUT2D eigenvalue weighted by Crippen LogP contribution is 2.45. The summed E-state index contributed by atoms with van der Waals surface area (Å²) in [6.07, 6.45) is 3.79. The van der Waals surface area contributed by atoms with Crippen LogP contribution >= 0.6 is 0 Å². The number of aromatic nitrogens is 1. The van der Waals surface area contributed by atoms with Gasteiger partial charge in [-0.3, -0.25) is 4.90 Å². The summed E-state index contributed by atoms with van der Waals surface area (Å²) in [6.45, 7) is 20.8. The van der Waals surface area contributed by atoms with Gasteiger partial charge in [-0.1, -0.05) is 19.9 Å². The van der Waals surface area contributed by atoms with Crippen molar-refractivity contribution in [2.75, 3.05) is 62.7 Å². The molecule has 4 aliphatic heterocycles. The van der Waals surface area contributed by atoms with Gasteiger partial charge in [-0.2, -0.15) is 0 Å². The van der Waals surface area contributed by atoms with E-state index in [-0.39, 0.29) is 13.6 Å². The molecule has 1 unspecified atom stereocenters. The Balaban J connectivity index is 0.00000138. The van der Waals surface area contributed by atoms with Crippen LogP contribution in [0.1, 0.15) is 84.5 Å². The molecule has 0 spiro atoms. The fraction of sp³-hybridized carbons (Fsp3) is 0.636. The first kappa shape index (κ1) is 30.4. The average molecular weight is 582 g/mol. The number of hydrogen-bond donors (Lipinski definition) is 1. The first-order chi connectivity index (χ1) is 20.2. The predicted molar refractivity (Wildman–Crippen MR) is 169 cm³/mol. The van der Waals surface area contributed by atoms with Gasteiger partial charge in [0.25, 0.3) is 0 Å². The lowest BCUT2D eigenvalue weighted by molar-refractivity contribution is -0.0196. The van der Waals surface area contributed by atoms with Gasteiger partial charge in [0.05, 0.1) is 24.5 Å². The molecule has 1 amide bonds. The molecular formula is C33H51N5O4. The van der Waals surface area contributed by atoms with Crippen molar-refractivity contribution in [3.63, 3.8) is 0 Å². The number of carbonyl (C=O) groups excluding carboxylic acids is 1. The predicted octanol–water partition coefficient (Wildman–Crippen LogP) is 6.49. The van der Waals surface area contributed by atoms with Gasteiger partial charge in [-0.05, 0) is 89.7 Å². The van der Waals surface area contributed by atoms with E-state index < -0.39 is 5.60 Å². The van der Waals surface area contributed by atoms with E-state index in [0.29, 0.717) is 12.0 Å². The van der Waals surface area contributed by atoms with Gasteiger partial charge >= 0.3 is 6.09 Å². The summed E-state index contributed by atoms with van der Waals surface area (Å²) < 4.78 is 17.7. The molecule has 0 radical (unpaired) electrons. The van der Waals surface area contributed by atoms with E-state index in [4.69, 9.17) is 19.2 Å². The minimum absolute atomic E-state index is 0. The summed E-state index contributed by atoms with van der Waals surface area (Å²) in [4.78, 5) is 23.8. The summed E-state index contributed by atoms with van der Waals surface area (Å²) >= 11 is 0. The van der Waals surface area contributed by atoms with Crippen LogP contribution in [0.2, 0.25) is 0 Å². The van der Waals surface area contributed by atoms with Crippen molar-refractivity contribution >= 4 is 23.3 Å². The molecule has 4 aliphatic rings. The summed E-state index contributed by atoms with van der Waals surface area (Å²) in [5.41, 5.74) is 5.34. The number of piperidine rings is 1. The molecule has 1 N–H and O–H groups in total. The number of likely N-dealkylation sites (tertiary alicyclic amines) is 2. The quantitative estimate of drug-likeness (QED) is 0.440. The van der Waals surface area contributed by atoms with Crippen LogP contribution in [0, 0.1) is 6.92 Å². The number of rotatable bonds is 3. The maximum atomic E-state index is 12.3. The van der Waals surface area contributed by atoms with Crippen LogP contribution in [0.3, 0.4) is 0 Å². The molecule has 0 aliphatic carbocycles. The van der Waals surface area contributed by atoms with E-state index >= 15 is 0 Å². The number of fused-ring (bicyclic) bond motifs is 2. The molecule has 6 rings (SSSR count). The van der Waals surface area contributed by atoms with Crippen LogP contribution in [-0.2, 0) is 9.47 Å².